The molecule has 0 atom stereocenters. The van der Waals surface area contributed by atoms with Gasteiger partial charge >= 0.3 is 0 Å². The van der Waals surface area contributed by atoms with E-state index in [9.17, 15) is 13.2 Å². The fourth-order valence-electron chi connectivity index (χ4n) is 2.20. The molecule has 0 saturated carbocycles. The zero-order chi connectivity index (χ0) is 19.6. The van der Waals surface area contributed by atoms with E-state index in [2.05, 4.69) is 10.0 Å². The Morgan fingerprint density at radius 1 is 0.852 bits per heavy atom. The summed E-state index contributed by atoms with van der Waals surface area (Å²) in [5.41, 5.74) is 0.798. The zero-order valence-electron chi connectivity index (χ0n) is 13.4. The van der Waals surface area contributed by atoms with Crippen LogP contribution in [0.25, 0.3) is 0 Å². The fourth-order valence-corrected chi connectivity index (χ4v) is 5.34. The Bertz CT molecular complexity index is 1080. The van der Waals surface area contributed by atoms with Crippen LogP contribution in [-0.2, 0) is 10.0 Å². The summed E-state index contributed by atoms with van der Waals surface area (Å²) in [6.45, 7) is 0. The predicted molar refractivity (Wildman–Crippen MR) is 111 cm³/mol. The van der Waals surface area contributed by atoms with E-state index in [1.54, 1.807) is 30.3 Å². The molecule has 5 nitrogen and oxygen atoms in total. The molecule has 0 fully saturated rings. The summed E-state index contributed by atoms with van der Waals surface area (Å²) in [6, 6.07) is 13.9. The Balaban J connectivity index is 1.75. The number of hydrogen-bond acceptors (Lipinski definition) is 4. The lowest BCUT2D eigenvalue weighted by Crippen LogP contribution is -2.14. The fraction of sp³-hybridized carbons (Fsp3) is 0. The molecule has 0 aliphatic carbocycles. The van der Waals surface area contributed by atoms with E-state index in [4.69, 9.17) is 34.8 Å². The summed E-state index contributed by atoms with van der Waals surface area (Å²) < 4.78 is 28.0. The Labute approximate surface area is 174 Å². The van der Waals surface area contributed by atoms with Crippen molar-refractivity contribution in [1.29, 1.82) is 0 Å². The van der Waals surface area contributed by atoms with Crippen LogP contribution >= 0.6 is 46.1 Å². The molecule has 0 unspecified atom stereocenters. The smallest absolute Gasteiger partial charge is 0.265 e. The summed E-state index contributed by atoms with van der Waals surface area (Å²) in [5, 5.41) is 2.75. The molecule has 0 radical (unpaired) electrons. The lowest BCUT2D eigenvalue weighted by molar-refractivity contribution is 0.103. The highest BCUT2D eigenvalue weighted by atomic mass is 35.5. The van der Waals surface area contributed by atoms with E-state index in [0.29, 0.717) is 20.6 Å². The number of sulfonamides is 1. The monoisotopic (exact) mass is 460 g/mol. The van der Waals surface area contributed by atoms with Gasteiger partial charge in [0.2, 0.25) is 0 Å². The maximum absolute atomic E-state index is 12.5. The number of nitrogens with one attached hydrogen (secondary N) is 2. The van der Waals surface area contributed by atoms with Gasteiger partial charge in [-0.25, -0.2) is 8.42 Å². The number of anilines is 2. The number of amides is 1. The molecule has 3 rings (SSSR count). The first kappa shape index (κ1) is 20.0. The summed E-state index contributed by atoms with van der Waals surface area (Å²) >= 11 is 18.9. The highest BCUT2D eigenvalue weighted by Gasteiger charge is 2.21. The van der Waals surface area contributed by atoms with Crippen molar-refractivity contribution in [2.24, 2.45) is 0 Å². The minimum absolute atomic E-state index is 0.0218. The van der Waals surface area contributed by atoms with Crippen molar-refractivity contribution in [3.05, 3.63) is 73.9 Å². The molecular formula is C17H11Cl3N2O3S2. The molecule has 10 heteroatoms. The minimum Gasteiger partial charge on any atom is -0.321 e. The first-order valence-corrected chi connectivity index (χ1v) is 10.8. The predicted octanol–water partition coefficient (Wildman–Crippen LogP) is 5.76. The Kier molecular flexibility index (Phi) is 5.98. The number of hydrogen-bond donors (Lipinski definition) is 2. The summed E-state index contributed by atoms with van der Waals surface area (Å²) in [4.78, 5) is 12.4. The molecule has 27 heavy (non-hydrogen) atoms. The van der Waals surface area contributed by atoms with Crippen LogP contribution in [0.5, 0.6) is 0 Å². The number of thiophene rings is 1. The quantitative estimate of drug-likeness (QED) is 0.507. The average Bonchev–Trinajstić information content (AvgIpc) is 3.02. The molecule has 0 aliphatic rings. The van der Waals surface area contributed by atoms with Crippen molar-refractivity contribution in [1.82, 2.24) is 0 Å². The van der Waals surface area contributed by atoms with Gasteiger partial charge in [-0.05, 0) is 48.5 Å². The highest BCUT2D eigenvalue weighted by molar-refractivity contribution is 7.93. The van der Waals surface area contributed by atoms with Gasteiger partial charge in [0.25, 0.3) is 15.9 Å². The lowest BCUT2D eigenvalue weighted by atomic mass is 10.3. The maximum atomic E-state index is 12.5. The lowest BCUT2D eigenvalue weighted by Gasteiger charge is -2.11. The second-order valence-corrected chi connectivity index (χ2v) is 9.44. The summed E-state index contributed by atoms with van der Waals surface area (Å²) in [5.74, 6) is -0.303. The third-order valence-corrected chi connectivity index (χ3v) is 6.95. The van der Waals surface area contributed by atoms with Crippen molar-refractivity contribution in [2.75, 3.05) is 10.0 Å². The number of benzene rings is 2. The minimum atomic E-state index is -3.97. The van der Waals surface area contributed by atoms with Crippen LogP contribution in [0.15, 0.2) is 59.5 Å². The molecular weight excluding hydrogens is 451 g/mol. The maximum Gasteiger partial charge on any atom is 0.265 e. The molecule has 0 saturated heterocycles. The van der Waals surface area contributed by atoms with Gasteiger partial charge in [-0.1, -0.05) is 40.9 Å². The topological polar surface area (TPSA) is 75.3 Å². The van der Waals surface area contributed by atoms with Crippen LogP contribution < -0.4 is 10.0 Å². The van der Waals surface area contributed by atoms with Crippen molar-refractivity contribution >= 4 is 73.4 Å². The standard InChI is InChI=1S/C17H11Cl3N2O3S2/c18-12-2-1-3-13(19)16(12)27(24,25)22-11-6-4-10(5-7-11)21-17(23)14-8-9-15(20)26-14/h1-9,22H,(H,21,23). The molecule has 0 bridgehead atoms. The number of carbonyl (C=O) groups is 1. The number of halogens is 3. The SMILES string of the molecule is O=C(Nc1ccc(NS(=O)(=O)c2c(Cl)cccc2Cl)cc1)c1ccc(Cl)s1. The van der Waals surface area contributed by atoms with Crippen molar-refractivity contribution in [3.8, 4) is 0 Å². The number of rotatable bonds is 5. The van der Waals surface area contributed by atoms with Crippen LogP contribution in [0.4, 0.5) is 11.4 Å². The van der Waals surface area contributed by atoms with E-state index in [0.717, 1.165) is 11.3 Å². The van der Waals surface area contributed by atoms with Gasteiger partial charge in [-0.3, -0.25) is 9.52 Å². The van der Waals surface area contributed by atoms with Crippen LogP contribution in [0, 0.1) is 0 Å². The molecule has 1 amide bonds. The number of carbonyl (C=O) groups excluding carboxylic acids is 1. The van der Waals surface area contributed by atoms with Crippen molar-refractivity contribution < 1.29 is 13.2 Å². The molecule has 0 aliphatic heterocycles. The highest BCUT2D eigenvalue weighted by Crippen LogP contribution is 2.30. The van der Waals surface area contributed by atoms with Crippen LogP contribution in [0.2, 0.25) is 14.4 Å². The van der Waals surface area contributed by atoms with Crippen LogP contribution in [0.1, 0.15) is 9.67 Å². The van der Waals surface area contributed by atoms with Crippen LogP contribution in [0.3, 0.4) is 0 Å². The molecule has 3 aromatic rings. The van der Waals surface area contributed by atoms with E-state index in [1.807, 2.05) is 0 Å². The van der Waals surface area contributed by atoms with Gasteiger partial charge in [0.15, 0.2) is 0 Å². The molecule has 0 spiro atoms. The normalized spacial score (nSPS) is 11.2. The second-order valence-electron chi connectivity index (χ2n) is 5.29. The Hall–Kier alpha value is -1.77. The molecule has 1 heterocycles. The summed E-state index contributed by atoms with van der Waals surface area (Å²) in [7, 11) is -3.97. The Morgan fingerprint density at radius 2 is 1.44 bits per heavy atom. The van der Waals surface area contributed by atoms with Gasteiger partial charge in [0.1, 0.15) is 4.90 Å². The third kappa shape index (κ3) is 4.75. The summed E-state index contributed by atoms with van der Waals surface area (Å²) in [6.07, 6.45) is 0. The van der Waals surface area contributed by atoms with E-state index in [1.165, 1.54) is 24.3 Å². The first-order valence-electron chi connectivity index (χ1n) is 7.40. The van der Waals surface area contributed by atoms with Gasteiger partial charge in [0.05, 0.1) is 19.3 Å². The molecule has 140 valence electrons. The van der Waals surface area contributed by atoms with Gasteiger partial charge in [-0.2, -0.15) is 0 Å². The van der Waals surface area contributed by atoms with Gasteiger partial charge in [-0.15, -0.1) is 11.3 Å². The first-order chi connectivity index (χ1) is 12.8. The molecule has 2 N–H and O–H groups in total. The second kappa shape index (κ2) is 8.08. The Morgan fingerprint density at radius 3 is 2.00 bits per heavy atom. The van der Waals surface area contributed by atoms with E-state index in [-0.39, 0.29) is 20.8 Å². The van der Waals surface area contributed by atoms with Gasteiger partial charge in [0, 0.05) is 11.4 Å². The molecule has 1 aromatic heterocycles. The van der Waals surface area contributed by atoms with Gasteiger partial charge < -0.3 is 5.32 Å². The molecule has 2 aromatic carbocycles. The zero-order valence-corrected chi connectivity index (χ0v) is 17.3. The largest absolute Gasteiger partial charge is 0.321 e. The third-order valence-electron chi connectivity index (χ3n) is 3.38. The van der Waals surface area contributed by atoms with E-state index < -0.39 is 10.0 Å². The van der Waals surface area contributed by atoms with E-state index >= 15 is 0 Å². The van der Waals surface area contributed by atoms with Crippen LogP contribution in [-0.4, -0.2) is 14.3 Å². The average molecular weight is 462 g/mol. The van der Waals surface area contributed by atoms with Crippen molar-refractivity contribution in [2.45, 2.75) is 4.90 Å². The van der Waals surface area contributed by atoms with Crippen molar-refractivity contribution in [3.63, 3.8) is 0 Å².